The van der Waals surface area contributed by atoms with Crippen LogP contribution in [-0.2, 0) is 0 Å². The Morgan fingerprint density at radius 3 is 3.00 bits per heavy atom. The fourth-order valence-electron chi connectivity index (χ4n) is 2.41. The average Bonchev–Trinajstić information content (AvgIpc) is 2.79. The molecule has 1 unspecified atom stereocenters. The second-order valence-corrected chi connectivity index (χ2v) is 5.70. The molecule has 0 aromatic heterocycles. The summed E-state index contributed by atoms with van der Waals surface area (Å²) >= 11 is 3.56. The van der Waals surface area contributed by atoms with Gasteiger partial charge in [-0.05, 0) is 56.1 Å². The van der Waals surface area contributed by atoms with Crippen molar-refractivity contribution in [3.63, 3.8) is 0 Å². The van der Waals surface area contributed by atoms with Gasteiger partial charge in [0.1, 0.15) is 0 Å². The second kappa shape index (κ2) is 5.87. The molecule has 1 aromatic rings. The number of rotatable bonds is 4. The molecule has 0 bridgehead atoms. The van der Waals surface area contributed by atoms with Gasteiger partial charge in [-0.3, -0.25) is 0 Å². The molecule has 0 aliphatic carbocycles. The van der Waals surface area contributed by atoms with Crippen molar-refractivity contribution in [1.29, 1.82) is 0 Å². The Kier molecular flexibility index (Phi) is 4.46. The Bertz CT molecular complexity index is 378. The van der Waals surface area contributed by atoms with Crippen molar-refractivity contribution >= 4 is 21.6 Å². The monoisotopic (exact) mass is 296 g/mol. The summed E-state index contributed by atoms with van der Waals surface area (Å²) in [5.74, 6) is 0.805. The first kappa shape index (κ1) is 12.9. The van der Waals surface area contributed by atoms with Gasteiger partial charge in [0, 0.05) is 23.2 Å². The molecule has 1 heterocycles. The molecule has 1 aliphatic heterocycles. The Morgan fingerprint density at radius 1 is 1.47 bits per heavy atom. The van der Waals surface area contributed by atoms with Gasteiger partial charge in [-0.2, -0.15) is 0 Å². The molecule has 0 saturated carbocycles. The van der Waals surface area contributed by atoms with Gasteiger partial charge < -0.3 is 10.2 Å². The largest absolute Gasteiger partial charge is 0.371 e. The molecule has 0 amide bonds. The van der Waals surface area contributed by atoms with Crippen molar-refractivity contribution < 1.29 is 0 Å². The maximum Gasteiger partial charge on any atom is 0.0369 e. The van der Waals surface area contributed by atoms with E-state index in [1.54, 1.807) is 0 Å². The Hall–Kier alpha value is -0.540. The van der Waals surface area contributed by atoms with E-state index in [0.29, 0.717) is 0 Å². The van der Waals surface area contributed by atoms with Crippen LogP contribution in [0.5, 0.6) is 0 Å². The zero-order valence-corrected chi connectivity index (χ0v) is 12.3. The molecular formula is C14H21BrN2. The molecule has 1 fully saturated rings. The van der Waals surface area contributed by atoms with Crippen LogP contribution in [0.2, 0.25) is 0 Å². The lowest BCUT2D eigenvalue weighted by molar-refractivity contribution is 0.528. The summed E-state index contributed by atoms with van der Waals surface area (Å²) < 4.78 is 1.20. The zero-order chi connectivity index (χ0) is 12.3. The topological polar surface area (TPSA) is 15.3 Å². The number of aryl methyl sites for hydroxylation is 1. The predicted octanol–water partition coefficient (Wildman–Crippen LogP) is 3.19. The molecule has 1 N–H and O–H groups in total. The minimum absolute atomic E-state index is 0.805. The summed E-state index contributed by atoms with van der Waals surface area (Å²) in [5.41, 5.74) is 2.68. The third kappa shape index (κ3) is 3.23. The lowest BCUT2D eigenvalue weighted by atomic mass is 10.1. The smallest absolute Gasteiger partial charge is 0.0369 e. The summed E-state index contributed by atoms with van der Waals surface area (Å²) in [4.78, 5) is 2.50. The van der Waals surface area contributed by atoms with E-state index >= 15 is 0 Å². The van der Waals surface area contributed by atoms with E-state index in [9.17, 15) is 0 Å². The molecule has 1 aromatic carbocycles. The normalized spacial score (nSPS) is 19.9. The number of hydrogen-bond donors (Lipinski definition) is 1. The third-order valence-corrected chi connectivity index (χ3v) is 4.37. The van der Waals surface area contributed by atoms with Crippen molar-refractivity contribution in [1.82, 2.24) is 5.32 Å². The molecule has 2 nitrogen and oxygen atoms in total. The molecular weight excluding hydrogens is 276 g/mol. The molecule has 94 valence electrons. The first-order chi connectivity index (χ1) is 8.20. The Labute approximate surface area is 113 Å². The lowest BCUT2D eigenvalue weighted by Gasteiger charge is -2.19. The molecule has 1 atom stereocenters. The predicted molar refractivity (Wildman–Crippen MR) is 77.7 cm³/mol. The van der Waals surface area contributed by atoms with Crippen molar-refractivity contribution in [3.05, 3.63) is 28.2 Å². The van der Waals surface area contributed by atoms with Crippen LogP contribution in [0.3, 0.4) is 0 Å². The highest BCUT2D eigenvalue weighted by Gasteiger charge is 2.22. The van der Waals surface area contributed by atoms with Crippen LogP contribution in [0, 0.1) is 12.8 Å². The Balaban J connectivity index is 1.97. The standard InChI is InChI=1S/C14H21BrN2/c1-3-16-9-12-6-7-17(10-12)13-4-5-14(15)11(2)8-13/h4-5,8,12,16H,3,6-7,9-10H2,1-2H3. The fraction of sp³-hybridized carbons (Fsp3) is 0.571. The van der Waals surface area contributed by atoms with Crippen molar-refractivity contribution in [3.8, 4) is 0 Å². The van der Waals surface area contributed by atoms with Crippen molar-refractivity contribution in [2.24, 2.45) is 5.92 Å². The van der Waals surface area contributed by atoms with E-state index in [0.717, 1.165) is 19.0 Å². The SMILES string of the molecule is CCNCC1CCN(c2ccc(Br)c(C)c2)C1. The molecule has 1 saturated heterocycles. The highest BCUT2D eigenvalue weighted by Crippen LogP contribution is 2.27. The quantitative estimate of drug-likeness (QED) is 0.918. The Morgan fingerprint density at radius 2 is 2.29 bits per heavy atom. The number of nitrogens with one attached hydrogen (secondary N) is 1. The van der Waals surface area contributed by atoms with Crippen LogP contribution in [0.25, 0.3) is 0 Å². The van der Waals surface area contributed by atoms with Gasteiger partial charge in [0.2, 0.25) is 0 Å². The number of anilines is 1. The number of nitrogens with zero attached hydrogens (tertiary/aromatic N) is 1. The first-order valence-corrected chi connectivity index (χ1v) is 7.22. The summed E-state index contributed by atoms with van der Waals surface area (Å²) in [6, 6.07) is 6.65. The summed E-state index contributed by atoms with van der Waals surface area (Å²) in [6.45, 7) is 8.94. The van der Waals surface area contributed by atoms with E-state index in [-0.39, 0.29) is 0 Å². The van der Waals surface area contributed by atoms with Gasteiger partial charge >= 0.3 is 0 Å². The van der Waals surface area contributed by atoms with Gasteiger partial charge in [0.25, 0.3) is 0 Å². The van der Waals surface area contributed by atoms with Crippen LogP contribution in [-0.4, -0.2) is 26.2 Å². The maximum absolute atomic E-state index is 3.56. The molecule has 17 heavy (non-hydrogen) atoms. The lowest BCUT2D eigenvalue weighted by Crippen LogP contribution is -2.26. The first-order valence-electron chi connectivity index (χ1n) is 6.42. The van der Waals surface area contributed by atoms with Crippen molar-refractivity contribution in [2.45, 2.75) is 20.3 Å². The van der Waals surface area contributed by atoms with Gasteiger partial charge in [-0.15, -0.1) is 0 Å². The summed E-state index contributed by atoms with van der Waals surface area (Å²) in [5, 5.41) is 3.45. The minimum Gasteiger partial charge on any atom is -0.371 e. The summed E-state index contributed by atoms with van der Waals surface area (Å²) in [6.07, 6.45) is 1.31. The van der Waals surface area contributed by atoms with E-state index in [2.05, 4.69) is 58.2 Å². The molecule has 0 radical (unpaired) electrons. The van der Waals surface area contributed by atoms with Gasteiger partial charge in [0.15, 0.2) is 0 Å². The van der Waals surface area contributed by atoms with Gasteiger partial charge in [0.05, 0.1) is 0 Å². The van der Waals surface area contributed by atoms with Crippen LogP contribution < -0.4 is 10.2 Å². The molecule has 3 heteroatoms. The number of halogens is 1. The molecule has 0 spiro atoms. The van der Waals surface area contributed by atoms with Crippen LogP contribution in [0.4, 0.5) is 5.69 Å². The van der Waals surface area contributed by atoms with Crippen LogP contribution in [0.15, 0.2) is 22.7 Å². The van der Waals surface area contributed by atoms with E-state index in [1.807, 2.05) is 0 Å². The van der Waals surface area contributed by atoms with Crippen LogP contribution in [0.1, 0.15) is 18.9 Å². The van der Waals surface area contributed by atoms with Crippen LogP contribution >= 0.6 is 15.9 Å². The highest BCUT2D eigenvalue weighted by molar-refractivity contribution is 9.10. The fourth-order valence-corrected chi connectivity index (χ4v) is 2.65. The van der Waals surface area contributed by atoms with Gasteiger partial charge in [-0.25, -0.2) is 0 Å². The minimum atomic E-state index is 0.805. The number of benzene rings is 1. The van der Waals surface area contributed by atoms with E-state index in [4.69, 9.17) is 0 Å². The zero-order valence-electron chi connectivity index (χ0n) is 10.7. The average molecular weight is 297 g/mol. The number of hydrogen-bond acceptors (Lipinski definition) is 2. The van der Waals surface area contributed by atoms with Gasteiger partial charge in [-0.1, -0.05) is 22.9 Å². The summed E-state index contributed by atoms with van der Waals surface area (Å²) in [7, 11) is 0. The van der Waals surface area contributed by atoms with E-state index < -0.39 is 0 Å². The third-order valence-electron chi connectivity index (χ3n) is 3.48. The maximum atomic E-state index is 3.56. The highest BCUT2D eigenvalue weighted by atomic mass is 79.9. The second-order valence-electron chi connectivity index (χ2n) is 4.84. The molecule has 2 rings (SSSR count). The van der Waals surface area contributed by atoms with Crippen molar-refractivity contribution in [2.75, 3.05) is 31.1 Å². The molecule has 1 aliphatic rings. The van der Waals surface area contributed by atoms with E-state index in [1.165, 1.54) is 35.2 Å².